The van der Waals surface area contributed by atoms with Crippen LogP contribution in [0.5, 0.6) is 5.75 Å². The van der Waals surface area contributed by atoms with E-state index in [4.69, 9.17) is 13.9 Å². The van der Waals surface area contributed by atoms with Gasteiger partial charge in [0.25, 0.3) is 10.0 Å². The van der Waals surface area contributed by atoms with Crippen molar-refractivity contribution in [2.45, 2.75) is 57.3 Å². The molecule has 4 rings (SSSR count). The molecule has 210 valence electrons. The van der Waals surface area contributed by atoms with Crippen molar-refractivity contribution in [2.24, 2.45) is 0 Å². The lowest BCUT2D eigenvalue weighted by Gasteiger charge is -2.42. The number of carboxylic acid groups (broad SMARTS) is 1. The van der Waals surface area contributed by atoms with Gasteiger partial charge in [-0.1, -0.05) is 0 Å². The molecule has 1 atom stereocenters. The molecule has 0 saturated carbocycles. The number of methoxy groups -OCH3 is 1. The quantitative estimate of drug-likeness (QED) is 0.377. The smallest absolute Gasteiger partial charge is 0.340 e. The second kappa shape index (κ2) is 10.2. The Balaban J connectivity index is 1.96. The van der Waals surface area contributed by atoms with Crippen LogP contribution in [0, 0.1) is 12.7 Å². The molecule has 2 aromatic heterocycles. The van der Waals surface area contributed by atoms with Gasteiger partial charge in [-0.3, -0.25) is 4.90 Å². The van der Waals surface area contributed by atoms with Crippen LogP contribution in [0.2, 0.25) is 0 Å². The van der Waals surface area contributed by atoms with Crippen LogP contribution < -0.4 is 9.64 Å². The third kappa shape index (κ3) is 4.87. The summed E-state index contributed by atoms with van der Waals surface area (Å²) in [4.78, 5) is 31.5. The number of thiophene rings is 1. The summed E-state index contributed by atoms with van der Waals surface area (Å²) >= 11 is 0.959. The van der Waals surface area contributed by atoms with Gasteiger partial charge in [0.2, 0.25) is 5.89 Å². The Morgan fingerprint density at radius 1 is 1.31 bits per heavy atom. The first-order valence-electron chi connectivity index (χ1n) is 11.8. The number of anilines is 1. The molecule has 0 aliphatic carbocycles. The van der Waals surface area contributed by atoms with Crippen molar-refractivity contribution in [1.29, 1.82) is 0 Å². The first kappa shape index (κ1) is 28.5. The van der Waals surface area contributed by atoms with Crippen LogP contribution >= 0.6 is 11.3 Å². The summed E-state index contributed by atoms with van der Waals surface area (Å²) in [7, 11) is -3.23. The fourth-order valence-electron chi connectivity index (χ4n) is 4.35. The van der Waals surface area contributed by atoms with Gasteiger partial charge in [-0.05, 0) is 58.4 Å². The van der Waals surface area contributed by atoms with E-state index >= 15 is 0 Å². The van der Waals surface area contributed by atoms with E-state index in [9.17, 15) is 27.5 Å². The van der Waals surface area contributed by atoms with E-state index in [1.807, 2.05) is 0 Å². The number of urea groups is 1. The highest BCUT2D eigenvalue weighted by molar-refractivity contribution is 7.90. The molecule has 14 heteroatoms. The molecule has 1 aliphatic heterocycles. The number of hydrogen-bond donors (Lipinski definition) is 1. The Morgan fingerprint density at radius 2 is 2.00 bits per heavy atom. The van der Waals surface area contributed by atoms with E-state index < -0.39 is 39.5 Å². The van der Waals surface area contributed by atoms with E-state index in [0.29, 0.717) is 20.5 Å². The van der Waals surface area contributed by atoms with Gasteiger partial charge in [-0.25, -0.2) is 27.4 Å². The van der Waals surface area contributed by atoms with Crippen LogP contribution in [0.4, 0.5) is 14.2 Å². The molecule has 2 amide bonds. The molecule has 0 unspecified atom stereocenters. The molecular weight excluding hydrogens is 553 g/mol. The molecular formula is C25H28FN3O8S2. The second-order valence-corrected chi connectivity index (χ2v) is 12.3. The number of aliphatic carboxylic acids is 1. The van der Waals surface area contributed by atoms with E-state index in [1.54, 1.807) is 13.8 Å². The third-order valence-electron chi connectivity index (χ3n) is 6.20. The maximum atomic E-state index is 14.3. The first-order valence-corrected chi connectivity index (χ1v) is 14.1. The fraction of sp³-hybridized carbons (Fsp3) is 0.400. The Kier molecular flexibility index (Phi) is 7.49. The molecule has 39 heavy (non-hydrogen) atoms. The number of benzene rings is 1. The fourth-order valence-corrected chi connectivity index (χ4v) is 7.98. The first-order chi connectivity index (χ1) is 18.2. The number of halogens is 1. The van der Waals surface area contributed by atoms with Crippen LogP contribution in [0.3, 0.4) is 0 Å². The van der Waals surface area contributed by atoms with Gasteiger partial charge < -0.3 is 19.0 Å². The minimum Gasteiger partial charge on any atom is -0.496 e. The molecule has 11 nitrogen and oxygen atoms in total. The molecule has 0 radical (unpaired) electrons. The summed E-state index contributed by atoms with van der Waals surface area (Å²) in [5.41, 5.74) is -1.61. The van der Waals surface area contributed by atoms with Crippen molar-refractivity contribution in [3.05, 3.63) is 47.6 Å². The van der Waals surface area contributed by atoms with E-state index in [-0.39, 0.29) is 34.0 Å². The van der Waals surface area contributed by atoms with Crippen molar-refractivity contribution in [3.63, 3.8) is 0 Å². The van der Waals surface area contributed by atoms with E-state index in [1.165, 1.54) is 44.7 Å². The van der Waals surface area contributed by atoms with Gasteiger partial charge >= 0.3 is 12.0 Å². The van der Waals surface area contributed by atoms with E-state index in [2.05, 4.69) is 4.98 Å². The Labute approximate surface area is 228 Å². The Bertz CT molecular complexity index is 1520. The summed E-state index contributed by atoms with van der Waals surface area (Å²) in [6, 6.07) is 2.76. The predicted molar refractivity (Wildman–Crippen MR) is 140 cm³/mol. The number of ether oxygens (including phenoxy) is 2. The van der Waals surface area contributed by atoms with Crippen molar-refractivity contribution in [2.75, 3.05) is 18.6 Å². The number of carboxylic acids is 1. The summed E-state index contributed by atoms with van der Waals surface area (Å²) in [6.45, 7) is 7.01. The number of rotatable bonds is 9. The Hall–Kier alpha value is -3.49. The molecule has 0 saturated heterocycles. The number of carbonyl (C=O) groups excluding carboxylic acids is 1. The van der Waals surface area contributed by atoms with Crippen LogP contribution in [0.25, 0.3) is 10.8 Å². The van der Waals surface area contributed by atoms with Gasteiger partial charge in [0.05, 0.1) is 30.8 Å². The van der Waals surface area contributed by atoms with Crippen LogP contribution in [0.15, 0.2) is 40.0 Å². The number of nitrogens with zero attached hydrogens (tertiary/aromatic N) is 3. The molecule has 1 aliphatic rings. The molecule has 3 heterocycles. The number of aromatic nitrogens is 1. The van der Waals surface area contributed by atoms with Crippen LogP contribution in [0.1, 0.15) is 44.9 Å². The lowest BCUT2D eigenvalue weighted by Crippen LogP contribution is -2.62. The largest absolute Gasteiger partial charge is 0.496 e. The maximum absolute atomic E-state index is 14.3. The van der Waals surface area contributed by atoms with Crippen LogP contribution in [-0.2, 0) is 19.6 Å². The standard InChI is InChI=1S/C25H28FN3O8S2/c1-13(2)37-18(16-11-15(26)7-8-17(16)35-6)12-28-22-20(14(3)19(38-22)21-27-9-10-36-21)39(33,34)29(24(28)32)25(4,5)23(30)31/h7-11,13,18H,12H2,1-6H3,(H,30,31)/t18-/m0/s1. The minimum atomic E-state index is -4.63. The normalized spacial score (nSPS) is 15.9. The third-order valence-corrected chi connectivity index (χ3v) is 9.74. The predicted octanol–water partition coefficient (Wildman–Crippen LogP) is 4.82. The second-order valence-electron chi connectivity index (χ2n) is 9.61. The zero-order chi connectivity index (χ0) is 28.9. The number of fused-ring (bicyclic) bond motifs is 1. The number of sulfonamides is 1. The average Bonchev–Trinajstić information content (AvgIpc) is 3.48. The summed E-state index contributed by atoms with van der Waals surface area (Å²) in [5, 5.41) is 9.94. The Morgan fingerprint density at radius 3 is 2.56 bits per heavy atom. The molecule has 0 bridgehead atoms. The maximum Gasteiger partial charge on any atom is 0.340 e. The van der Waals surface area contributed by atoms with E-state index in [0.717, 1.165) is 30.1 Å². The molecule has 0 fully saturated rings. The topological polar surface area (TPSA) is 139 Å². The molecule has 3 aromatic rings. The van der Waals surface area contributed by atoms with Gasteiger partial charge in [-0.15, -0.1) is 11.3 Å². The van der Waals surface area contributed by atoms with Crippen molar-refractivity contribution < 1.29 is 41.4 Å². The highest BCUT2D eigenvalue weighted by Crippen LogP contribution is 2.50. The molecule has 1 N–H and O–H groups in total. The van der Waals surface area contributed by atoms with Crippen molar-refractivity contribution in [3.8, 4) is 16.5 Å². The van der Waals surface area contributed by atoms with Crippen LogP contribution in [-0.4, -0.2) is 60.1 Å². The summed E-state index contributed by atoms with van der Waals surface area (Å²) in [6.07, 6.45) is 1.36. The van der Waals surface area contributed by atoms with Crippen molar-refractivity contribution >= 4 is 38.4 Å². The zero-order valence-corrected chi connectivity index (χ0v) is 23.7. The lowest BCUT2D eigenvalue weighted by molar-refractivity contribution is -0.145. The SMILES string of the molecule is COc1ccc(F)cc1[C@H](CN1C(=O)N(C(C)(C)C(=O)O)S(=O)(=O)c2c1sc(-c1ncco1)c2C)OC(C)C. The lowest BCUT2D eigenvalue weighted by atomic mass is 10.1. The van der Waals surface area contributed by atoms with Crippen molar-refractivity contribution in [1.82, 2.24) is 9.29 Å². The number of amides is 2. The van der Waals surface area contributed by atoms with Gasteiger partial charge in [-0.2, -0.15) is 4.31 Å². The molecule has 0 spiro atoms. The molecule has 1 aromatic carbocycles. The highest BCUT2D eigenvalue weighted by atomic mass is 32.2. The summed E-state index contributed by atoms with van der Waals surface area (Å²) in [5.74, 6) is -1.65. The summed E-state index contributed by atoms with van der Waals surface area (Å²) < 4.78 is 59.3. The monoisotopic (exact) mass is 581 g/mol. The minimum absolute atomic E-state index is 0.0378. The highest BCUT2D eigenvalue weighted by Gasteiger charge is 2.54. The zero-order valence-electron chi connectivity index (χ0n) is 22.1. The average molecular weight is 582 g/mol. The number of carbonyl (C=O) groups is 2. The number of oxazole rings is 1. The number of hydrogen-bond acceptors (Lipinski definition) is 9. The van der Waals surface area contributed by atoms with Gasteiger partial charge in [0, 0.05) is 5.56 Å². The van der Waals surface area contributed by atoms with Gasteiger partial charge in [0.15, 0.2) is 5.54 Å². The van der Waals surface area contributed by atoms with Gasteiger partial charge in [0.1, 0.15) is 33.8 Å².